The summed E-state index contributed by atoms with van der Waals surface area (Å²) < 4.78 is 19.3. The molecule has 0 radical (unpaired) electrons. The summed E-state index contributed by atoms with van der Waals surface area (Å²) >= 11 is 0. The first kappa shape index (κ1) is 17.9. The lowest BCUT2D eigenvalue weighted by Gasteiger charge is -2.11. The van der Waals surface area contributed by atoms with Gasteiger partial charge in [-0.15, -0.1) is 0 Å². The third kappa shape index (κ3) is 4.20. The Morgan fingerprint density at radius 2 is 1.96 bits per heavy atom. The second kappa shape index (κ2) is 7.15. The molecule has 0 fully saturated rings. The normalized spacial score (nSPS) is 11.5. The number of aromatic nitrogens is 1. The topological polar surface area (TPSA) is 67.2 Å². The average Bonchev–Trinajstić information content (AvgIpc) is 3.00. The van der Waals surface area contributed by atoms with Gasteiger partial charge < -0.3 is 15.1 Å². The van der Waals surface area contributed by atoms with Gasteiger partial charge in [-0.1, -0.05) is 39.0 Å². The monoisotopic (exact) mass is 355 g/mol. The number of carbonyl (C=O) groups is 1. The zero-order valence-electron chi connectivity index (χ0n) is 15.1. The summed E-state index contributed by atoms with van der Waals surface area (Å²) in [5.41, 5.74) is 2.39. The van der Waals surface area contributed by atoms with E-state index < -0.39 is 0 Å². The van der Waals surface area contributed by atoms with Crippen molar-refractivity contribution in [3.8, 4) is 0 Å². The smallest absolute Gasteiger partial charge is 0.319 e. The van der Waals surface area contributed by atoms with Gasteiger partial charge in [0.2, 0.25) is 5.89 Å². The molecule has 3 aromatic rings. The maximum atomic E-state index is 13.6. The van der Waals surface area contributed by atoms with Crippen LogP contribution < -0.4 is 10.6 Å². The molecule has 2 N–H and O–H groups in total. The van der Waals surface area contributed by atoms with E-state index in [1.165, 1.54) is 6.07 Å². The Morgan fingerprint density at radius 3 is 2.69 bits per heavy atom. The maximum Gasteiger partial charge on any atom is 0.319 e. The predicted octanol–water partition coefficient (Wildman–Crippen LogP) is 4.63. The van der Waals surface area contributed by atoms with Crippen LogP contribution in [-0.4, -0.2) is 17.6 Å². The van der Waals surface area contributed by atoms with Gasteiger partial charge in [-0.3, -0.25) is 0 Å². The van der Waals surface area contributed by atoms with E-state index >= 15 is 0 Å². The number of amides is 2. The van der Waals surface area contributed by atoms with Crippen LogP contribution in [0.15, 0.2) is 46.9 Å². The summed E-state index contributed by atoms with van der Waals surface area (Å²) in [6.07, 6.45) is 0.428. The van der Waals surface area contributed by atoms with Gasteiger partial charge in [-0.2, -0.15) is 0 Å². The Bertz CT molecular complexity index is 928. The first-order valence-corrected chi connectivity index (χ1v) is 8.52. The summed E-state index contributed by atoms with van der Waals surface area (Å²) in [4.78, 5) is 16.5. The SMILES string of the molecule is CC(C)(C)c1nc2cc(NC(=O)NCCc3ccccc3F)ccc2o1. The summed E-state index contributed by atoms with van der Waals surface area (Å²) in [5, 5.41) is 5.48. The zero-order valence-corrected chi connectivity index (χ0v) is 15.1. The fourth-order valence-corrected chi connectivity index (χ4v) is 2.51. The first-order valence-electron chi connectivity index (χ1n) is 8.52. The number of halogens is 1. The molecule has 5 nitrogen and oxygen atoms in total. The third-order valence-corrected chi connectivity index (χ3v) is 3.92. The van der Waals surface area contributed by atoms with Crippen LogP contribution in [0.4, 0.5) is 14.9 Å². The molecule has 0 aliphatic rings. The summed E-state index contributed by atoms with van der Waals surface area (Å²) in [6, 6.07) is 11.5. The number of carbonyl (C=O) groups excluding carboxylic acids is 1. The Kier molecular flexibility index (Phi) is 4.93. The molecule has 0 unspecified atom stereocenters. The van der Waals surface area contributed by atoms with Crippen LogP contribution in [0.25, 0.3) is 11.1 Å². The van der Waals surface area contributed by atoms with E-state index in [0.29, 0.717) is 41.2 Å². The van der Waals surface area contributed by atoms with Gasteiger partial charge in [0.25, 0.3) is 0 Å². The molecule has 136 valence electrons. The molecular weight excluding hydrogens is 333 g/mol. The molecular formula is C20H22FN3O2. The van der Waals surface area contributed by atoms with E-state index in [1.54, 1.807) is 36.4 Å². The Balaban J connectivity index is 1.59. The number of nitrogens with one attached hydrogen (secondary N) is 2. The number of hydrogen-bond acceptors (Lipinski definition) is 3. The molecule has 0 aliphatic carbocycles. The third-order valence-electron chi connectivity index (χ3n) is 3.92. The number of hydrogen-bond donors (Lipinski definition) is 2. The van der Waals surface area contributed by atoms with E-state index in [-0.39, 0.29) is 17.3 Å². The van der Waals surface area contributed by atoms with E-state index in [9.17, 15) is 9.18 Å². The molecule has 0 atom stereocenters. The molecule has 0 spiro atoms. The van der Waals surface area contributed by atoms with Gasteiger partial charge in [-0.25, -0.2) is 14.2 Å². The van der Waals surface area contributed by atoms with Gasteiger partial charge in [0.1, 0.15) is 11.3 Å². The van der Waals surface area contributed by atoms with Crippen LogP contribution in [0.2, 0.25) is 0 Å². The molecule has 3 rings (SSSR count). The molecule has 0 bridgehead atoms. The summed E-state index contributed by atoms with van der Waals surface area (Å²) in [5.74, 6) is 0.389. The average molecular weight is 355 g/mol. The minimum Gasteiger partial charge on any atom is -0.440 e. The molecule has 26 heavy (non-hydrogen) atoms. The predicted molar refractivity (Wildman–Crippen MR) is 99.8 cm³/mol. The van der Waals surface area contributed by atoms with E-state index in [0.717, 1.165) is 0 Å². The lowest BCUT2D eigenvalue weighted by Crippen LogP contribution is -2.30. The van der Waals surface area contributed by atoms with Crippen molar-refractivity contribution in [2.24, 2.45) is 0 Å². The fraction of sp³-hybridized carbons (Fsp3) is 0.300. The highest BCUT2D eigenvalue weighted by atomic mass is 19.1. The molecule has 2 aromatic carbocycles. The van der Waals surface area contributed by atoms with Gasteiger partial charge in [0.05, 0.1) is 0 Å². The number of anilines is 1. The zero-order chi connectivity index (χ0) is 18.7. The number of oxazole rings is 1. The highest BCUT2D eigenvalue weighted by Gasteiger charge is 2.21. The molecule has 0 saturated carbocycles. The number of urea groups is 1. The van der Waals surface area contributed by atoms with E-state index in [2.05, 4.69) is 15.6 Å². The standard InChI is InChI=1S/C20H22FN3O2/c1-20(2,3)18-24-16-12-14(8-9-17(16)26-18)23-19(25)22-11-10-13-6-4-5-7-15(13)21/h4-9,12H,10-11H2,1-3H3,(H2,22,23,25). The number of nitrogens with zero attached hydrogens (tertiary/aromatic N) is 1. The first-order chi connectivity index (χ1) is 12.3. The van der Waals surface area contributed by atoms with Crippen molar-refractivity contribution >= 4 is 22.8 Å². The van der Waals surface area contributed by atoms with Crippen LogP contribution >= 0.6 is 0 Å². The van der Waals surface area contributed by atoms with Crippen molar-refractivity contribution in [2.75, 3.05) is 11.9 Å². The molecule has 0 saturated heterocycles. The van der Waals surface area contributed by atoms with E-state index in [4.69, 9.17) is 4.42 Å². The van der Waals surface area contributed by atoms with Crippen molar-refractivity contribution in [3.63, 3.8) is 0 Å². The highest BCUT2D eigenvalue weighted by Crippen LogP contribution is 2.27. The Hall–Kier alpha value is -2.89. The van der Waals surface area contributed by atoms with Crippen molar-refractivity contribution in [1.29, 1.82) is 0 Å². The molecule has 0 aliphatic heterocycles. The second-order valence-electron chi connectivity index (χ2n) is 7.17. The van der Waals surface area contributed by atoms with E-state index in [1.807, 2.05) is 20.8 Å². The van der Waals surface area contributed by atoms with Crippen LogP contribution in [0.3, 0.4) is 0 Å². The number of benzene rings is 2. The van der Waals surface area contributed by atoms with Crippen LogP contribution in [0, 0.1) is 5.82 Å². The Labute approximate surface area is 151 Å². The van der Waals surface area contributed by atoms with Crippen molar-refractivity contribution in [3.05, 3.63) is 59.7 Å². The highest BCUT2D eigenvalue weighted by molar-refractivity contribution is 5.91. The fourth-order valence-electron chi connectivity index (χ4n) is 2.51. The molecule has 2 amide bonds. The maximum absolute atomic E-state index is 13.6. The molecule has 1 heterocycles. The van der Waals surface area contributed by atoms with Crippen LogP contribution in [0.5, 0.6) is 0 Å². The molecule has 1 aromatic heterocycles. The number of rotatable bonds is 4. The quantitative estimate of drug-likeness (QED) is 0.717. The van der Waals surface area contributed by atoms with Gasteiger partial charge in [-0.05, 0) is 36.2 Å². The largest absolute Gasteiger partial charge is 0.440 e. The minimum atomic E-state index is -0.347. The lowest BCUT2D eigenvalue weighted by molar-refractivity contribution is 0.252. The van der Waals surface area contributed by atoms with Gasteiger partial charge in [0.15, 0.2) is 5.58 Å². The van der Waals surface area contributed by atoms with Gasteiger partial charge >= 0.3 is 6.03 Å². The van der Waals surface area contributed by atoms with Crippen molar-refractivity contribution < 1.29 is 13.6 Å². The van der Waals surface area contributed by atoms with Crippen LogP contribution in [-0.2, 0) is 11.8 Å². The van der Waals surface area contributed by atoms with Gasteiger partial charge in [0, 0.05) is 17.6 Å². The number of fused-ring (bicyclic) bond motifs is 1. The van der Waals surface area contributed by atoms with Crippen LogP contribution in [0.1, 0.15) is 32.2 Å². The van der Waals surface area contributed by atoms with Crippen molar-refractivity contribution in [1.82, 2.24) is 10.3 Å². The Morgan fingerprint density at radius 1 is 1.19 bits per heavy atom. The minimum absolute atomic E-state index is 0.184. The van der Waals surface area contributed by atoms with Crippen molar-refractivity contribution in [2.45, 2.75) is 32.6 Å². The second-order valence-corrected chi connectivity index (χ2v) is 7.17. The summed E-state index contributed by atoms with van der Waals surface area (Å²) in [7, 11) is 0. The summed E-state index contributed by atoms with van der Waals surface area (Å²) in [6.45, 7) is 6.42. The molecule has 6 heteroatoms. The lowest BCUT2D eigenvalue weighted by atomic mass is 9.97.